The second-order valence-electron chi connectivity index (χ2n) is 4.06. The van der Waals surface area contributed by atoms with Gasteiger partial charge >= 0.3 is 0 Å². The first-order valence-electron chi connectivity index (χ1n) is 5.74. The van der Waals surface area contributed by atoms with E-state index >= 15 is 0 Å². The Balaban J connectivity index is 1.85. The molecular weight excluding hydrogens is 234 g/mol. The molecule has 1 aromatic heterocycles. The molecule has 0 saturated heterocycles. The van der Waals surface area contributed by atoms with Gasteiger partial charge in [0.2, 0.25) is 5.91 Å². The van der Waals surface area contributed by atoms with Crippen LogP contribution < -0.4 is 10.6 Å². The molecule has 0 spiro atoms. The Morgan fingerprint density at radius 3 is 3.35 bits per heavy atom. The van der Waals surface area contributed by atoms with Gasteiger partial charge in [0.05, 0.1) is 12.6 Å². The summed E-state index contributed by atoms with van der Waals surface area (Å²) in [5.41, 5.74) is 1.34. The molecule has 0 radical (unpaired) electrons. The molecule has 90 valence electrons. The minimum Gasteiger partial charge on any atom is -0.342 e. The van der Waals surface area contributed by atoms with E-state index in [0.717, 1.165) is 12.8 Å². The summed E-state index contributed by atoms with van der Waals surface area (Å²) < 4.78 is 0. The number of hydrogen-bond donors (Lipinski definition) is 2. The third-order valence-corrected chi connectivity index (χ3v) is 3.92. The van der Waals surface area contributed by atoms with Crippen molar-refractivity contribution < 1.29 is 4.79 Å². The zero-order valence-corrected chi connectivity index (χ0v) is 10.3. The highest BCUT2D eigenvalue weighted by atomic mass is 32.1. The zero-order chi connectivity index (χ0) is 12.1. The van der Waals surface area contributed by atoms with Crippen molar-refractivity contribution in [2.45, 2.75) is 25.3 Å². The number of amides is 1. The van der Waals surface area contributed by atoms with E-state index in [4.69, 9.17) is 5.26 Å². The summed E-state index contributed by atoms with van der Waals surface area (Å²) in [7, 11) is 0. The molecule has 0 fully saturated rings. The number of nitrogens with one attached hydrogen (secondary N) is 2. The third-order valence-electron chi connectivity index (χ3n) is 2.93. The maximum Gasteiger partial charge on any atom is 0.234 e. The van der Waals surface area contributed by atoms with Crippen LogP contribution in [-0.4, -0.2) is 19.0 Å². The van der Waals surface area contributed by atoms with E-state index in [0.29, 0.717) is 0 Å². The summed E-state index contributed by atoms with van der Waals surface area (Å²) in [6.07, 6.45) is 3.41. The molecule has 1 aliphatic rings. The molecule has 1 atom stereocenters. The van der Waals surface area contributed by atoms with Crippen LogP contribution in [0.1, 0.15) is 29.3 Å². The summed E-state index contributed by atoms with van der Waals surface area (Å²) >= 11 is 1.79. The van der Waals surface area contributed by atoms with Gasteiger partial charge in [0, 0.05) is 10.9 Å². The fourth-order valence-corrected chi connectivity index (χ4v) is 3.10. The molecule has 0 aromatic carbocycles. The van der Waals surface area contributed by atoms with Crippen LogP contribution in [0.5, 0.6) is 0 Å². The summed E-state index contributed by atoms with van der Waals surface area (Å²) in [4.78, 5) is 12.8. The molecule has 17 heavy (non-hydrogen) atoms. The number of hydrogen-bond acceptors (Lipinski definition) is 4. The van der Waals surface area contributed by atoms with Crippen molar-refractivity contribution >= 4 is 17.2 Å². The fraction of sp³-hybridized carbons (Fsp3) is 0.500. The lowest BCUT2D eigenvalue weighted by molar-refractivity contribution is -0.120. The third kappa shape index (κ3) is 3.05. The van der Waals surface area contributed by atoms with Crippen molar-refractivity contribution in [2.24, 2.45) is 0 Å². The van der Waals surface area contributed by atoms with E-state index in [9.17, 15) is 4.79 Å². The van der Waals surface area contributed by atoms with Gasteiger partial charge in [0.1, 0.15) is 6.54 Å². The number of carbonyl (C=O) groups is 1. The van der Waals surface area contributed by atoms with Gasteiger partial charge in [0.25, 0.3) is 0 Å². The predicted molar refractivity (Wildman–Crippen MR) is 66.6 cm³/mol. The highest BCUT2D eigenvalue weighted by molar-refractivity contribution is 7.10. The Morgan fingerprint density at radius 2 is 2.53 bits per heavy atom. The summed E-state index contributed by atoms with van der Waals surface area (Å²) in [6.45, 7) is 0.358. The predicted octanol–water partition coefficient (Wildman–Crippen LogP) is 1.35. The van der Waals surface area contributed by atoms with Gasteiger partial charge in [-0.1, -0.05) is 0 Å². The van der Waals surface area contributed by atoms with Crippen molar-refractivity contribution in [1.82, 2.24) is 10.6 Å². The van der Waals surface area contributed by atoms with Gasteiger partial charge in [-0.2, -0.15) is 5.26 Å². The van der Waals surface area contributed by atoms with Crippen molar-refractivity contribution in [3.63, 3.8) is 0 Å². The van der Waals surface area contributed by atoms with Gasteiger partial charge in [-0.15, -0.1) is 11.3 Å². The average molecular weight is 249 g/mol. The number of thiophene rings is 1. The number of rotatable bonds is 4. The second kappa shape index (κ2) is 5.80. The quantitative estimate of drug-likeness (QED) is 0.792. The second-order valence-corrected chi connectivity index (χ2v) is 5.06. The molecule has 0 bridgehead atoms. The summed E-state index contributed by atoms with van der Waals surface area (Å²) in [6, 6.07) is 4.32. The van der Waals surface area contributed by atoms with Crippen molar-refractivity contribution in [1.29, 1.82) is 5.26 Å². The van der Waals surface area contributed by atoms with E-state index in [2.05, 4.69) is 22.1 Å². The molecule has 1 amide bonds. The van der Waals surface area contributed by atoms with Crippen LogP contribution in [-0.2, 0) is 11.2 Å². The van der Waals surface area contributed by atoms with E-state index in [-0.39, 0.29) is 25.0 Å². The first kappa shape index (κ1) is 12.1. The first-order chi connectivity index (χ1) is 8.31. The number of aryl methyl sites for hydroxylation is 1. The number of nitriles is 1. The van der Waals surface area contributed by atoms with E-state index < -0.39 is 0 Å². The van der Waals surface area contributed by atoms with Gasteiger partial charge in [-0.25, -0.2) is 0 Å². The smallest absolute Gasteiger partial charge is 0.234 e. The Kier molecular flexibility index (Phi) is 4.13. The van der Waals surface area contributed by atoms with Crippen LogP contribution in [0.15, 0.2) is 11.4 Å². The number of fused-ring (bicyclic) bond motifs is 1. The van der Waals surface area contributed by atoms with Crippen LogP contribution in [0.2, 0.25) is 0 Å². The topological polar surface area (TPSA) is 64.9 Å². The van der Waals surface area contributed by atoms with Crippen LogP contribution in [0.4, 0.5) is 0 Å². The monoisotopic (exact) mass is 249 g/mol. The molecular formula is C12H15N3OS. The SMILES string of the molecule is N#CCNC(=O)CNC1CCCc2sccc21. The van der Waals surface area contributed by atoms with Crippen LogP contribution in [0.3, 0.4) is 0 Å². The van der Waals surface area contributed by atoms with Gasteiger partial charge in [0.15, 0.2) is 0 Å². The van der Waals surface area contributed by atoms with Crippen LogP contribution in [0, 0.1) is 11.3 Å². The first-order valence-corrected chi connectivity index (χ1v) is 6.62. The van der Waals surface area contributed by atoms with Gasteiger partial charge in [-0.05, 0) is 36.3 Å². The minimum absolute atomic E-state index is 0.0783. The molecule has 1 aromatic rings. The van der Waals surface area contributed by atoms with Gasteiger partial charge in [-0.3, -0.25) is 4.79 Å². The Morgan fingerprint density at radius 1 is 1.65 bits per heavy atom. The Bertz CT molecular complexity index is 435. The van der Waals surface area contributed by atoms with Gasteiger partial charge < -0.3 is 10.6 Å². The largest absolute Gasteiger partial charge is 0.342 e. The zero-order valence-electron chi connectivity index (χ0n) is 9.53. The Labute approximate surface area is 105 Å². The van der Waals surface area contributed by atoms with E-state index in [1.165, 1.54) is 16.9 Å². The van der Waals surface area contributed by atoms with Crippen LogP contribution in [0.25, 0.3) is 0 Å². The molecule has 0 saturated carbocycles. The minimum atomic E-state index is -0.117. The molecule has 1 aliphatic carbocycles. The fourth-order valence-electron chi connectivity index (χ4n) is 2.11. The lowest BCUT2D eigenvalue weighted by atomic mass is 9.94. The molecule has 5 heteroatoms. The standard InChI is InChI=1S/C12H15N3OS/c13-5-6-14-12(16)8-15-10-2-1-3-11-9(10)4-7-17-11/h4,7,10,15H,1-3,6,8H2,(H,14,16). The number of nitrogens with zero attached hydrogens (tertiary/aromatic N) is 1. The number of carbonyl (C=O) groups excluding carboxylic acids is 1. The maximum atomic E-state index is 11.4. The van der Waals surface area contributed by atoms with Crippen molar-refractivity contribution in [3.05, 3.63) is 21.9 Å². The van der Waals surface area contributed by atoms with Crippen molar-refractivity contribution in [3.8, 4) is 6.07 Å². The van der Waals surface area contributed by atoms with Crippen LogP contribution >= 0.6 is 11.3 Å². The van der Waals surface area contributed by atoms with E-state index in [1.807, 2.05) is 6.07 Å². The molecule has 1 heterocycles. The molecule has 4 nitrogen and oxygen atoms in total. The Hall–Kier alpha value is -1.38. The normalized spacial score (nSPS) is 18.2. The summed E-state index contributed by atoms with van der Waals surface area (Å²) in [5, 5.41) is 16.2. The highest BCUT2D eigenvalue weighted by Gasteiger charge is 2.21. The molecule has 2 N–H and O–H groups in total. The lowest BCUT2D eigenvalue weighted by Crippen LogP contribution is -2.36. The molecule has 0 aliphatic heterocycles. The highest BCUT2D eigenvalue weighted by Crippen LogP contribution is 2.32. The van der Waals surface area contributed by atoms with Crippen molar-refractivity contribution in [2.75, 3.05) is 13.1 Å². The van der Waals surface area contributed by atoms with E-state index in [1.54, 1.807) is 11.3 Å². The lowest BCUT2D eigenvalue weighted by Gasteiger charge is -2.23. The maximum absolute atomic E-state index is 11.4. The molecule has 2 rings (SSSR count). The summed E-state index contributed by atoms with van der Waals surface area (Å²) in [5.74, 6) is -0.117. The molecule has 1 unspecified atom stereocenters. The average Bonchev–Trinajstić information content (AvgIpc) is 2.82.